The van der Waals surface area contributed by atoms with Crippen molar-refractivity contribution in [3.05, 3.63) is 77.4 Å². The van der Waals surface area contributed by atoms with Crippen molar-refractivity contribution in [2.24, 2.45) is 0 Å². The topological polar surface area (TPSA) is 21.7 Å². The van der Waals surface area contributed by atoms with Crippen LogP contribution in [-0.2, 0) is 11.5 Å². The minimum Gasteiger partial charge on any atom is -0.497 e. The molecule has 1 aliphatic carbocycles. The summed E-state index contributed by atoms with van der Waals surface area (Å²) in [5.74, 6) is 1.93. The average molecular weight is 476 g/mol. The zero-order valence-electron chi connectivity index (χ0n) is 21.9. The number of rotatable bonds is 8. The molecule has 0 spiro atoms. The van der Waals surface area contributed by atoms with Gasteiger partial charge in [0.15, 0.2) is 0 Å². The minimum absolute atomic E-state index is 0.0473. The van der Waals surface area contributed by atoms with Gasteiger partial charge in [0, 0.05) is 29.9 Å². The summed E-state index contributed by atoms with van der Waals surface area (Å²) in [6.45, 7) is 18.6. The second-order valence-electron chi connectivity index (χ2n) is 11.5. The average Bonchev–Trinajstić information content (AvgIpc) is 3.45. The highest BCUT2D eigenvalue weighted by Gasteiger charge is 2.39. The predicted octanol–water partition coefficient (Wildman–Crippen LogP) is 7.12. The number of hydrogen-bond donors (Lipinski definition) is 0. The van der Waals surface area contributed by atoms with Gasteiger partial charge in [-0.25, -0.2) is 0 Å². The summed E-state index contributed by atoms with van der Waals surface area (Å²) >= 11 is 0. The van der Waals surface area contributed by atoms with E-state index < -0.39 is 8.07 Å². The van der Waals surface area contributed by atoms with E-state index in [1.165, 1.54) is 53.9 Å². The summed E-state index contributed by atoms with van der Waals surface area (Å²) in [6.07, 6.45) is 7.03. The van der Waals surface area contributed by atoms with E-state index >= 15 is 0 Å². The largest absolute Gasteiger partial charge is 0.497 e. The van der Waals surface area contributed by atoms with Crippen molar-refractivity contribution in [1.29, 1.82) is 0 Å². The summed E-state index contributed by atoms with van der Waals surface area (Å²) < 4.78 is 12.1. The van der Waals surface area contributed by atoms with Crippen LogP contribution >= 0.6 is 0 Å². The van der Waals surface area contributed by atoms with Crippen LogP contribution < -0.4 is 9.47 Å². The van der Waals surface area contributed by atoms with E-state index in [1.807, 2.05) is 6.08 Å². The fraction of sp³-hybridized carbons (Fsp3) is 0.467. The normalized spacial score (nSPS) is 18.0. The zero-order chi connectivity index (χ0) is 24.5. The Labute approximate surface area is 207 Å². The first-order valence-electron chi connectivity index (χ1n) is 12.7. The number of methoxy groups -OCH3 is 1. The molecular formula is C30H41NO2Si. The molecule has 34 heavy (non-hydrogen) atoms. The van der Waals surface area contributed by atoms with Crippen LogP contribution in [-0.4, -0.2) is 39.8 Å². The molecule has 4 heteroatoms. The van der Waals surface area contributed by atoms with Gasteiger partial charge in [-0.1, -0.05) is 76.9 Å². The van der Waals surface area contributed by atoms with E-state index in [0.29, 0.717) is 12.1 Å². The van der Waals surface area contributed by atoms with Crippen LogP contribution in [0.5, 0.6) is 11.5 Å². The van der Waals surface area contributed by atoms with Crippen molar-refractivity contribution in [3.8, 4) is 11.5 Å². The summed E-state index contributed by atoms with van der Waals surface area (Å²) in [4.78, 5) is 2.60. The van der Waals surface area contributed by atoms with Gasteiger partial charge < -0.3 is 14.4 Å². The minimum atomic E-state index is -1.81. The van der Waals surface area contributed by atoms with Crippen LogP contribution in [0, 0.1) is 0 Å². The molecule has 0 N–H and O–H groups in total. The molecule has 0 radical (unpaired) electrons. The van der Waals surface area contributed by atoms with Crippen LogP contribution in [0.4, 0.5) is 0 Å². The number of allylic oxidation sites excluding steroid dienone is 1. The van der Waals surface area contributed by atoms with Crippen LogP contribution in [0.2, 0.25) is 13.1 Å². The Morgan fingerprint density at radius 3 is 2.47 bits per heavy atom. The van der Waals surface area contributed by atoms with E-state index in [4.69, 9.17) is 9.47 Å². The van der Waals surface area contributed by atoms with E-state index in [2.05, 4.69) is 87.8 Å². The summed E-state index contributed by atoms with van der Waals surface area (Å²) in [7, 11) is -0.0473. The quantitative estimate of drug-likeness (QED) is 0.300. The Morgan fingerprint density at radius 1 is 1.12 bits per heavy atom. The van der Waals surface area contributed by atoms with Crippen LogP contribution in [0.1, 0.15) is 61.4 Å². The molecule has 1 heterocycles. The molecule has 1 saturated heterocycles. The Hall–Kier alpha value is -2.46. The summed E-state index contributed by atoms with van der Waals surface area (Å²) in [5.41, 5.74) is 7.32. The number of ether oxygens (including phenoxy) is 2. The molecule has 182 valence electrons. The third-order valence-corrected chi connectivity index (χ3v) is 10.8. The first kappa shape index (κ1) is 24.7. The highest BCUT2D eigenvalue weighted by molar-refractivity contribution is 6.79. The lowest BCUT2D eigenvalue weighted by Gasteiger charge is -2.32. The van der Waals surface area contributed by atoms with Crippen molar-refractivity contribution in [1.82, 2.24) is 4.90 Å². The molecule has 1 aliphatic heterocycles. The maximum atomic E-state index is 6.35. The van der Waals surface area contributed by atoms with Gasteiger partial charge in [0.25, 0.3) is 0 Å². The van der Waals surface area contributed by atoms with Crippen molar-refractivity contribution in [2.45, 2.75) is 63.7 Å². The molecule has 0 saturated carbocycles. The Kier molecular flexibility index (Phi) is 7.00. The molecule has 1 unspecified atom stereocenters. The number of fused-ring (bicyclic) bond motifs is 1. The molecule has 1 atom stereocenters. The Balaban J connectivity index is 1.76. The second-order valence-corrected chi connectivity index (χ2v) is 16.4. The van der Waals surface area contributed by atoms with Gasteiger partial charge in [-0.3, -0.25) is 0 Å². The van der Waals surface area contributed by atoms with E-state index in [1.54, 1.807) is 7.11 Å². The van der Waals surface area contributed by atoms with Crippen molar-refractivity contribution < 1.29 is 9.47 Å². The molecule has 1 fully saturated rings. The van der Waals surface area contributed by atoms with Gasteiger partial charge in [-0.05, 0) is 53.1 Å². The Morgan fingerprint density at radius 2 is 1.82 bits per heavy atom. The highest BCUT2D eigenvalue weighted by atomic mass is 28.3. The molecule has 0 amide bonds. The monoisotopic (exact) mass is 475 g/mol. The standard InChI is InChI=1S/C30H41NO2Si/c1-8-17-33-29-22(18-23(32-5)19-26(29)30(2,3)4)21-34(6,7)28-20-27(31-15-11-12-16-31)24-13-9-10-14-25(24)28/h8-10,13-14,18-20,28H,1,11-12,15-17,21H2,2-7H3. The van der Waals surface area contributed by atoms with Crippen LogP contribution in [0.25, 0.3) is 5.70 Å². The maximum Gasteiger partial charge on any atom is 0.126 e. The summed E-state index contributed by atoms with van der Waals surface area (Å²) in [6, 6.07) is 14.5. The maximum absolute atomic E-state index is 6.35. The van der Waals surface area contributed by atoms with Gasteiger partial charge in [0.1, 0.15) is 18.1 Å². The van der Waals surface area contributed by atoms with Gasteiger partial charge >= 0.3 is 0 Å². The zero-order valence-corrected chi connectivity index (χ0v) is 22.9. The van der Waals surface area contributed by atoms with E-state index in [9.17, 15) is 0 Å². The van der Waals surface area contributed by atoms with Crippen LogP contribution in [0.3, 0.4) is 0 Å². The van der Waals surface area contributed by atoms with Gasteiger partial charge in [0.05, 0.1) is 15.2 Å². The predicted molar refractivity (Wildman–Crippen MR) is 147 cm³/mol. The molecule has 0 bridgehead atoms. The second kappa shape index (κ2) is 9.65. The number of likely N-dealkylation sites (tertiary alicyclic amines) is 1. The van der Waals surface area contributed by atoms with E-state index in [-0.39, 0.29) is 5.41 Å². The van der Waals surface area contributed by atoms with E-state index in [0.717, 1.165) is 17.5 Å². The first-order valence-corrected chi connectivity index (χ1v) is 16.0. The Bertz CT molecular complexity index is 1070. The van der Waals surface area contributed by atoms with Crippen LogP contribution in [0.15, 0.2) is 55.1 Å². The molecule has 2 aliphatic rings. The molecular weight excluding hydrogens is 434 g/mol. The number of hydrogen-bond acceptors (Lipinski definition) is 3. The van der Waals surface area contributed by atoms with Crippen molar-refractivity contribution >= 4 is 13.8 Å². The lowest BCUT2D eigenvalue weighted by atomic mass is 9.85. The van der Waals surface area contributed by atoms with Gasteiger partial charge in [-0.15, -0.1) is 0 Å². The third-order valence-electron chi connectivity index (χ3n) is 7.36. The number of benzene rings is 2. The third kappa shape index (κ3) is 4.83. The lowest BCUT2D eigenvalue weighted by Crippen LogP contribution is -2.37. The lowest BCUT2D eigenvalue weighted by molar-refractivity contribution is 0.345. The van der Waals surface area contributed by atoms with Crippen molar-refractivity contribution in [2.75, 3.05) is 26.8 Å². The first-order chi connectivity index (χ1) is 16.2. The molecule has 4 rings (SSSR count). The van der Waals surface area contributed by atoms with Gasteiger partial charge in [0.2, 0.25) is 0 Å². The fourth-order valence-electron chi connectivity index (χ4n) is 5.60. The molecule has 3 nitrogen and oxygen atoms in total. The smallest absolute Gasteiger partial charge is 0.126 e. The molecule has 2 aromatic rings. The van der Waals surface area contributed by atoms with Gasteiger partial charge in [-0.2, -0.15) is 0 Å². The van der Waals surface area contributed by atoms with Crippen molar-refractivity contribution in [3.63, 3.8) is 0 Å². The summed E-state index contributed by atoms with van der Waals surface area (Å²) in [5, 5.41) is 0. The SMILES string of the molecule is C=CCOc1c(C[Si](C)(C)C2C=C(N3CCCC3)c3ccccc32)cc(OC)cc1C(C)(C)C. The molecule has 0 aromatic heterocycles. The molecule has 2 aromatic carbocycles. The highest BCUT2D eigenvalue weighted by Crippen LogP contribution is 2.46. The fourth-order valence-corrected chi connectivity index (χ4v) is 8.77. The number of nitrogens with zero attached hydrogens (tertiary/aromatic N) is 1.